The Kier molecular flexibility index (Phi) is 3.57. The molecule has 96 valence electrons. The van der Waals surface area contributed by atoms with E-state index in [1.807, 2.05) is 37.3 Å². The molecule has 4 nitrogen and oxygen atoms in total. The molecule has 1 heterocycles. The lowest BCUT2D eigenvalue weighted by molar-refractivity contribution is -0.166. The van der Waals surface area contributed by atoms with Crippen LogP contribution in [0.2, 0.25) is 0 Å². The number of hydrogen-bond acceptors (Lipinski definition) is 3. The monoisotopic (exact) mass is 267 g/mol. The predicted octanol–water partition coefficient (Wildman–Crippen LogP) is 1.74. The zero-order valence-corrected chi connectivity index (χ0v) is 10.9. The molecule has 1 saturated heterocycles. The van der Waals surface area contributed by atoms with Crippen LogP contribution in [-0.2, 0) is 14.3 Å². The van der Waals surface area contributed by atoms with E-state index in [1.54, 1.807) is 0 Å². The number of carbonyl (C=O) groups excluding carboxylic acids is 2. The van der Waals surface area contributed by atoms with Gasteiger partial charge in [0.1, 0.15) is 5.38 Å². The minimum Gasteiger partial charge on any atom is -0.467 e. The first-order valence-electron chi connectivity index (χ1n) is 5.67. The number of amides is 1. The number of ether oxygens (including phenoxy) is 1. The molecule has 0 aromatic heterocycles. The topological polar surface area (TPSA) is 46.6 Å². The Bertz CT molecular complexity index is 463. The van der Waals surface area contributed by atoms with E-state index in [0.717, 1.165) is 5.56 Å². The number of nitrogens with zero attached hydrogens (tertiary/aromatic N) is 1. The molecule has 0 aliphatic carbocycles. The summed E-state index contributed by atoms with van der Waals surface area (Å²) in [7, 11) is 1.29. The van der Waals surface area contributed by atoms with Gasteiger partial charge >= 0.3 is 5.97 Å². The summed E-state index contributed by atoms with van der Waals surface area (Å²) in [6.07, 6.45) is 0. The van der Waals surface area contributed by atoms with Gasteiger partial charge in [0, 0.05) is 0 Å². The maximum atomic E-state index is 11.8. The van der Waals surface area contributed by atoms with Crippen LogP contribution in [0.3, 0.4) is 0 Å². The summed E-state index contributed by atoms with van der Waals surface area (Å²) >= 11 is 5.87. The Labute approximate surface area is 110 Å². The fourth-order valence-corrected chi connectivity index (χ4v) is 2.49. The predicted molar refractivity (Wildman–Crippen MR) is 67.1 cm³/mol. The third-order valence-corrected chi connectivity index (χ3v) is 3.63. The zero-order chi connectivity index (χ0) is 13.3. The minimum atomic E-state index is -0.816. The highest BCUT2D eigenvalue weighted by atomic mass is 35.5. The van der Waals surface area contributed by atoms with Crippen LogP contribution in [-0.4, -0.2) is 35.3 Å². The molecule has 0 spiro atoms. The van der Waals surface area contributed by atoms with Gasteiger partial charge < -0.3 is 9.64 Å². The fraction of sp³-hybridized carbons (Fsp3) is 0.385. The van der Waals surface area contributed by atoms with Crippen LogP contribution < -0.4 is 0 Å². The van der Waals surface area contributed by atoms with Gasteiger partial charge in [0.2, 0.25) is 5.91 Å². The molecule has 0 N–H and O–H groups in total. The molecule has 18 heavy (non-hydrogen) atoms. The zero-order valence-electron chi connectivity index (χ0n) is 10.2. The smallest absolute Gasteiger partial charge is 0.330 e. The van der Waals surface area contributed by atoms with Crippen molar-refractivity contribution in [1.29, 1.82) is 0 Å². The molecule has 2 rings (SSSR count). The molecule has 1 aliphatic heterocycles. The molecule has 0 saturated carbocycles. The number of alkyl halides is 1. The summed E-state index contributed by atoms with van der Waals surface area (Å²) in [5.41, 5.74) is 0.961. The van der Waals surface area contributed by atoms with Gasteiger partial charge in [0.05, 0.1) is 13.2 Å². The number of esters is 1. The number of likely N-dealkylation sites (tertiary alicyclic amines) is 1. The summed E-state index contributed by atoms with van der Waals surface area (Å²) < 4.78 is 4.67. The number of rotatable bonds is 3. The summed E-state index contributed by atoms with van der Waals surface area (Å²) in [6, 6.07) is 8.61. The number of β-lactam (4-membered cyclic amide) rings is 1. The lowest BCUT2D eigenvalue weighted by Crippen LogP contribution is -2.66. The van der Waals surface area contributed by atoms with Gasteiger partial charge in [-0.05, 0) is 12.5 Å². The molecule has 1 aromatic carbocycles. The first kappa shape index (κ1) is 12.9. The Balaban J connectivity index is 2.22. The second-order valence-corrected chi connectivity index (χ2v) is 4.67. The number of methoxy groups -OCH3 is 1. The third-order valence-electron chi connectivity index (χ3n) is 3.21. The summed E-state index contributed by atoms with van der Waals surface area (Å²) in [6.45, 7) is 1.87. The van der Waals surface area contributed by atoms with Crippen molar-refractivity contribution in [3.63, 3.8) is 0 Å². The first-order chi connectivity index (χ1) is 8.57. The van der Waals surface area contributed by atoms with Crippen LogP contribution >= 0.6 is 11.6 Å². The van der Waals surface area contributed by atoms with Crippen LogP contribution in [0.1, 0.15) is 18.5 Å². The van der Waals surface area contributed by atoms with Crippen LogP contribution in [0, 0.1) is 0 Å². The summed E-state index contributed by atoms with van der Waals surface area (Å²) in [5.74, 6) is -0.708. The maximum Gasteiger partial charge on any atom is 0.330 e. The van der Waals surface area contributed by atoms with Crippen molar-refractivity contribution in [2.24, 2.45) is 0 Å². The first-order valence-corrected chi connectivity index (χ1v) is 6.10. The van der Waals surface area contributed by atoms with Crippen LogP contribution in [0.4, 0.5) is 0 Å². The van der Waals surface area contributed by atoms with Crippen LogP contribution in [0.25, 0.3) is 0 Å². The van der Waals surface area contributed by atoms with E-state index in [-0.39, 0.29) is 11.9 Å². The van der Waals surface area contributed by atoms with Gasteiger partial charge in [0.25, 0.3) is 0 Å². The van der Waals surface area contributed by atoms with E-state index in [4.69, 9.17) is 11.6 Å². The van der Waals surface area contributed by atoms with Crippen molar-refractivity contribution in [3.05, 3.63) is 35.9 Å². The van der Waals surface area contributed by atoms with Crippen molar-refractivity contribution in [3.8, 4) is 0 Å². The number of halogens is 1. The molecule has 1 fully saturated rings. The number of carbonyl (C=O) groups is 2. The highest BCUT2D eigenvalue weighted by Crippen LogP contribution is 2.35. The average Bonchev–Trinajstić information content (AvgIpc) is 2.43. The highest BCUT2D eigenvalue weighted by molar-refractivity contribution is 6.35. The van der Waals surface area contributed by atoms with E-state index < -0.39 is 17.4 Å². The van der Waals surface area contributed by atoms with Crippen molar-refractivity contribution in [1.82, 2.24) is 4.90 Å². The molecule has 5 heteroatoms. The van der Waals surface area contributed by atoms with Gasteiger partial charge in [-0.1, -0.05) is 30.3 Å². The maximum absolute atomic E-state index is 11.8. The average molecular weight is 268 g/mol. The molecule has 0 radical (unpaired) electrons. The Morgan fingerprint density at radius 1 is 1.39 bits per heavy atom. The van der Waals surface area contributed by atoms with Gasteiger partial charge in [-0.15, -0.1) is 11.6 Å². The summed E-state index contributed by atoms with van der Waals surface area (Å²) in [4.78, 5) is 24.9. The van der Waals surface area contributed by atoms with Crippen molar-refractivity contribution >= 4 is 23.5 Å². The number of benzene rings is 1. The van der Waals surface area contributed by atoms with E-state index in [0.29, 0.717) is 0 Å². The van der Waals surface area contributed by atoms with Crippen molar-refractivity contribution in [2.75, 3.05) is 7.11 Å². The van der Waals surface area contributed by atoms with Gasteiger partial charge in [-0.3, -0.25) is 4.79 Å². The summed E-state index contributed by atoms with van der Waals surface area (Å²) in [5, 5.41) is -0.816. The van der Waals surface area contributed by atoms with Gasteiger partial charge in [-0.25, -0.2) is 4.79 Å². The molecular formula is C13H14ClNO3. The van der Waals surface area contributed by atoms with Crippen molar-refractivity contribution in [2.45, 2.75) is 24.4 Å². The molecule has 3 atom stereocenters. The van der Waals surface area contributed by atoms with E-state index in [1.165, 1.54) is 12.0 Å². The highest BCUT2D eigenvalue weighted by Gasteiger charge is 2.53. The molecule has 1 aliphatic rings. The molecule has 0 bridgehead atoms. The Hall–Kier alpha value is -1.55. The van der Waals surface area contributed by atoms with E-state index >= 15 is 0 Å². The SMILES string of the molecule is COC(=O)[C@@H]1[C@H](Cl)C(=O)N1C(C)c1ccccc1. The van der Waals surface area contributed by atoms with Gasteiger partial charge in [-0.2, -0.15) is 0 Å². The molecule has 1 aromatic rings. The minimum absolute atomic E-state index is 0.196. The molecule has 1 amide bonds. The fourth-order valence-electron chi connectivity index (χ4n) is 2.15. The Morgan fingerprint density at radius 2 is 2.00 bits per heavy atom. The number of hydrogen-bond donors (Lipinski definition) is 0. The van der Waals surface area contributed by atoms with Crippen LogP contribution in [0.15, 0.2) is 30.3 Å². The quantitative estimate of drug-likeness (QED) is 0.476. The standard InChI is InChI=1S/C13H14ClNO3/c1-8(9-6-4-3-5-7-9)15-11(13(17)18-2)10(14)12(15)16/h3-8,10-11H,1-2H3/t8?,10-,11-/m0/s1. The van der Waals surface area contributed by atoms with Crippen molar-refractivity contribution < 1.29 is 14.3 Å². The lowest BCUT2D eigenvalue weighted by atomic mass is 9.95. The third kappa shape index (κ3) is 1.97. The van der Waals surface area contributed by atoms with Gasteiger partial charge in [0.15, 0.2) is 6.04 Å². The van der Waals surface area contributed by atoms with E-state index in [2.05, 4.69) is 4.74 Å². The second kappa shape index (κ2) is 4.98. The second-order valence-electron chi connectivity index (χ2n) is 4.20. The lowest BCUT2D eigenvalue weighted by Gasteiger charge is -2.45. The molecular weight excluding hydrogens is 254 g/mol. The van der Waals surface area contributed by atoms with Crippen LogP contribution in [0.5, 0.6) is 0 Å². The Morgan fingerprint density at radius 3 is 2.56 bits per heavy atom. The van der Waals surface area contributed by atoms with E-state index in [9.17, 15) is 9.59 Å². The largest absolute Gasteiger partial charge is 0.467 e. The molecule has 1 unspecified atom stereocenters. The normalized spacial score (nSPS) is 24.4.